The minimum absolute atomic E-state index is 0.175. The summed E-state index contributed by atoms with van der Waals surface area (Å²) < 4.78 is 26.5. The number of halogens is 1. The van der Waals surface area contributed by atoms with Crippen LogP contribution in [-0.4, -0.2) is 13.4 Å². The maximum atomic E-state index is 12.0. The van der Waals surface area contributed by atoms with Crippen LogP contribution in [0.3, 0.4) is 0 Å². The number of aryl methyl sites for hydroxylation is 1. The fourth-order valence-corrected chi connectivity index (χ4v) is 2.76. The first-order valence-corrected chi connectivity index (χ1v) is 7.22. The Hall–Kier alpha value is -1.30. The number of nitrogens with one attached hydrogen (secondary N) is 2. The molecule has 2 N–H and O–H groups in total. The molecule has 0 aliphatic rings. The normalized spacial score (nSPS) is 11.7. The van der Waals surface area contributed by atoms with E-state index in [4.69, 9.17) is 11.6 Å². The summed E-state index contributed by atoms with van der Waals surface area (Å²) in [5.74, 6) is 0. The van der Waals surface area contributed by atoms with E-state index >= 15 is 0 Å². The number of rotatable bonds is 4. The van der Waals surface area contributed by atoms with E-state index in [0.717, 1.165) is 11.1 Å². The molecule has 0 bridgehead atoms. The third-order valence-electron chi connectivity index (χ3n) is 2.58. The van der Waals surface area contributed by atoms with Crippen LogP contribution in [0.1, 0.15) is 11.1 Å². The maximum absolute atomic E-state index is 12.0. The quantitative estimate of drug-likeness (QED) is 0.906. The first kappa shape index (κ1) is 13.1. The largest absolute Gasteiger partial charge is 0.367 e. The molecule has 0 fully saturated rings. The number of aromatic amines is 1. The van der Waals surface area contributed by atoms with Gasteiger partial charge in [0, 0.05) is 24.0 Å². The molecule has 0 aliphatic carbocycles. The van der Waals surface area contributed by atoms with Crippen molar-refractivity contribution in [2.45, 2.75) is 18.4 Å². The van der Waals surface area contributed by atoms with Crippen LogP contribution in [0.2, 0.25) is 5.02 Å². The Morgan fingerprint density at radius 3 is 2.72 bits per heavy atom. The van der Waals surface area contributed by atoms with Gasteiger partial charge in [0.15, 0.2) is 0 Å². The summed E-state index contributed by atoms with van der Waals surface area (Å²) in [6.45, 7) is 2.07. The molecule has 2 rings (SSSR count). The molecule has 2 aromatic rings. The molecule has 1 aromatic carbocycles. The van der Waals surface area contributed by atoms with Crippen LogP contribution < -0.4 is 4.72 Å². The van der Waals surface area contributed by atoms with E-state index in [9.17, 15) is 8.42 Å². The van der Waals surface area contributed by atoms with Crippen LogP contribution in [0, 0.1) is 6.92 Å². The molecule has 0 radical (unpaired) electrons. The van der Waals surface area contributed by atoms with Gasteiger partial charge >= 0.3 is 0 Å². The van der Waals surface area contributed by atoms with Gasteiger partial charge in [0.05, 0.1) is 4.90 Å². The van der Waals surface area contributed by atoms with Gasteiger partial charge in [0.2, 0.25) is 10.0 Å². The molecule has 0 amide bonds. The van der Waals surface area contributed by atoms with Gasteiger partial charge in [-0.05, 0) is 36.2 Å². The van der Waals surface area contributed by atoms with Crippen LogP contribution in [0.25, 0.3) is 0 Å². The number of hydrogen-bond acceptors (Lipinski definition) is 2. The molecular weight excluding hydrogens is 272 g/mol. The van der Waals surface area contributed by atoms with E-state index in [2.05, 4.69) is 9.71 Å². The van der Waals surface area contributed by atoms with Crippen LogP contribution in [-0.2, 0) is 16.6 Å². The highest BCUT2D eigenvalue weighted by Gasteiger charge is 2.14. The maximum Gasteiger partial charge on any atom is 0.240 e. The van der Waals surface area contributed by atoms with Crippen LogP contribution >= 0.6 is 11.6 Å². The van der Waals surface area contributed by atoms with E-state index < -0.39 is 10.0 Å². The second-order valence-corrected chi connectivity index (χ2v) is 6.13. The molecule has 0 saturated carbocycles. The standard InChI is InChI=1S/C12H13ClN2O2S/c1-9-2-3-11(6-12(9)13)18(16,17)15-8-10-4-5-14-7-10/h2-7,14-15H,8H2,1H3. The first-order valence-electron chi connectivity index (χ1n) is 5.36. The Morgan fingerprint density at radius 2 is 2.11 bits per heavy atom. The van der Waals surface area contributed by atoms with Gasteiger partial charge in [-0.15, -0.1) is 0 Å². The molecule has 18 heavy (non-hydrogen) atoms. The highest BCUT2D eigenvalue weighted by Crippen LogP contribution is 2.19. The number of H-pyrrole nitrogens is 1. The number of hydrogen-bond donors (Lipinski definition) is 2. The average Bonchev–Trinajstić information content (AvgIpc) is 2.83. The van der Waals surface area contributed by atoms with Gasteiger partial charge in [-0.25, -0.2) is 13.1 Å². The SMILES string of the molecule is Cc1ccc(S(=O)(=O)NCc2cc[nH]c2)cc1Cl. The Bertz CT molecular complexity index is 636. The fourth-order valence-electron chi connectivity index (χ4n) is 1.47. The summed E-state index contributed by atoms with van der Waals surface area (Å²) in [4.78, 5) is 3.04. The van der Waals surface area contributed by atoms with Crippen molar-refractivity contribution in [1.29, 1.82) is 0 Å². The van der Waals surface area contributed by atoms with Gasteiger partial charge in [-0.3, -0.25) is 0 Å². The Balaban J connectivity index is 2.17. The first-order chi connectivity index (χ1) is 8.49. The van der Waals surface area contributed by atoms with Gasteiger partial charge < -0.3 is 4.98 Å². The molecule has 0 aliphatic heterocycles. The summed E-state index contributed by atoms with van der Waals surface area (Å²) in [5.41, 5.74) is 1.72. The summed E-state index contributed by atoms with van der Waals surface area (Å²) in [6, 6.07) is 6.49. The van der Waals surface area contributed by atoms with Crippen LogP contribution in [0.15, 0.2) is 41.6 Å². The molecular formula is C12H13ClN2O2S. The van der Waals surface area contributed by atoms with Crippen molar-refractivity contribution in [2.75, 3.05) is 0 Å². The zero-order valence-corrected chi connectivity index (χ0v) is 11.3. The molecule has 96 valence electrons. The smallest absolute Gasteiger partial charge is 0.240 e. The second-order valence-electron chi connectivity index (χ2n) is 3.95. The van der Waals surface area contributed by atoms with E-state index in [0.29, 0.717) is 5.02 Å². The lowest BCUT2D eigenvalue weighted by Crippen LogP contribution is -2.23. The third kappa shape index (κ3) is 2.93. The average molecular weight is 285 g/mol. The van der Waals surface area contributed by atoms with E-state index in [1.165, 1.54) is 6.07 Å². The Labute approximate surface area is 111 Å². The molecule has 0 atom stereocenters. The zero-order chi connectivity index (χ0) is 13.2. The minimum Gasteiger partial charge on any atom is -0.367 e. The van der Waals surface area contributed by atoms with Crippen molar-refractivity contribution < 1.29 is 8.42 Å². The molecule has 0 saturated heterocycles. The van der Waals surface area contributed by atoms with Crippen molar-refractivity contribution in [1.82, 2.24) is 9.71 Å². The number of aromatic nitrogens is 1. The van der Waals surface area contributed by atoms with Crippen molar-refractivity contribution in [3.8, 4) is 0 Å². The monoisotopic (exact) mass is 284 g/mol. The lowest BCUT2D eigenvalue weighted by molar-refractivity contribution is 0.581. The topological polar surface area (TPSA) is 62.0 Å². The Morgan fingerprint density at radius 1 is 1.33 bits per heavy atom. The Kier molecular flexibility index (Phi) is 3.75. The van der Waals surface area contributed by atoms with E-state index in [1.54, 1.807) is 24.5 Å². The molecule has 4 nitrogen and oxygen atoms in total. The number of benzene rings is 1. The van der Waals surface area contributed by atoms with Gasteiger partial charge in [-0.1, -0.05) is 17.7 Å². The molecule has 0 spiro atoms. The fraction of sp³-hybridized carbons (Fsp3) is 0.167. The van der Waals surface area contributed by atoms with E-state index in [-0.39, 0.29) is 11.4 Å². The molecule has 1 aromatic heterocycles. The van der Waals surface area contributed by atoms with Gasteiger partial charge in [0.25, 0.3) is 0 Å². The van der Waals surface area contributed by atoms with Gasteiger partial charge in [0.1, 0.15) is 0 Å². The predicted octanol–water partition coefficient (Wildman–Crippen LogP) is 2.46. The number of sulfonamides is 1. The highest BCUT2D eigenvalue weighted by molar-refractivity contribution is 7.89. The second kappa shape index (κ2) is 5.14. The zero-order valence-electron chi connectivity index (χ0n) is 9.77. The summed E-state index contributed by atoms with van der Waals surface area (Å²) in [5, 5.41) is 0.444. The minimum atomic E-state index is -3.52. The van der Waals surface area contributed by atoms with Crippen molar-refractivity contribution in [3.63, 3.8) is 0 Å². The van der Waals surface area contributed by atoms with Crippen LogP contribution in [0.5, 0.6) is 0 Å². The summed E-state index contributed by atoms with van der Waals surface area (Å²) in [6.07, 6.45) is 3.48. The summed E-state index contributed by atoms with van der Waals surface area (Å²) in [7, 11) is -3.52. The van der Waals surface area contributed by atoms with Crippen molar-refractivity contribution >= 4 is 21.6 Å². The molecule has 1 heterocycles. The van der Waals surface area contributed by atoms with Crippen LogP contribution in [0.4, 0.5) is 0 Å². The molecule has 0 unspecified atom stereocenters. The van der Waals surface area contributed by atoms with Gasteiger partial charge in [-0.2, -0.15) is 0 Å². The van der Waals surface area contributed by atoms with Crippen molar-refractivity contribution in [2.24, 2.45) is 0 Å². The lowest BCUT2D eigenvalue weighted by atomic mass is 10.2. The predicted molar refractivity (Wildman–Crippen MR) is 71.0 cm³/mol. The lowest BCUT2D eigenvalue weighted by Gasteiger charge is -2.07. The summed E-state index contributed by atoms with van der Waals surface area (Å²) >= 11 is 5.92. The highest BCUT2D eigenvalue weighted by atomic mass is 35.5. The van der Waals surface area contributed by atoms with Crippen molar-refractivity contribution in [3.05, 3.63) is 52.8 Å². The van der Waals surface area contributed by atoms with E-state index in [1.807, 2.05) is 13.0 Å². The third-order valence-corrected chi connectivity index (χ3v) is 4.39. The molecule has 6 heteroatoms.